The Balaban J connectivity index is 2.13. The molecule has 27 heavy (non-hydrogen) atoms. The van der Waals surface area contributed by atoms with Crippen molar-refractivity contribution in [1.29, 1.82) is 0 Å². The van der Waals surface area contributed by atoms with Crippen molar-refractivity contribution in [2.45, 2.75) is 47.2 Å². The number of carbonyl (C=O) groups is 1. The second-order valence-electron chi connectivity index (χ2n) is 7.14. The highest BCUT2D eigenvalue weighted by atomic mass is 19.1. The van der Waals surface area contributed by atoms with Crippen molar-refractivity contribution in [1.82, 2.24) is 0 Å². The molecule has 2 rings (SSSR count). The van der Waals surface area contributed by atoms with Gasteiger partial charge in [0.15, 0.2) is 17.6 Å². The molecule has 0 spiro atoms. The highest BCUT2D eigenvalue weighted by Crippen LogP contribution is 2.22. The van der Waals surface area contributed by atoms with Gasteiger partial charge in [-0.05, 0) is 63.9 Å². The largest absolute Gasteiger partial charge is 0.494 e. The third-order valence-electron chi connectivity index (χ3n) is 5.03. The Hall–Kier alpha value is -2.40. The number of aryl methyl sites for hydroxylation is 3. The smallest absolute Gasteiger partial charge is 0.282 e. The van der Waals surface area contributed by atoms with E-state index in [1.54, 1.807) is 6.07 Å². The van der Waals surface area contributed by atoms with Gasteiger partial charge in [-0.2, -0.15) is 0 Å². The van der Waals surface area contributed by atoms with Crippen molar-refractivity contribution in [2.24, 2.45) is 0 Å². The molecule has 2 atom stereocenters. The molecule has 0 fully saturated rings. The quantitative estimate of drug-likeness (QED) is 0.783. The van der Waals surface area contributed by atoms with E-state index in [0.29, 0.717) is 6.54 Å². The first-order valence-electron chi connectivity index (χ1n) is 9.32. The minimum Gasteiger partial charge on any atom is -0.494 e. The van der Waals surface area contributed by atoms with Crippen LogP contribution in [0.15, 0.2) is 30.3 Å². The first-order chi connectivity index (χ1) is 12.8. The zero-order valence-corrected chi connectivity index (χ0v) is 17.1. The van der Waals surface area contributed by atoms with Gasteiger partial charge in [0.1, 0.15) is 6.54 Å². The van der Waals surface area contributed by atoms with E-state index in [4.69, 9.17) is 4.74 Å². The number of hydrogen-bond donors (Lipinski definition) is 2. The van der Waals surface area contributed by atoms with Crippen LogP contribution < -0.4 is 15.0 Å². The van der Waals surface area contributed by atoms with Crippen LogP contribution in [0.4, 0.5) is 10.1 Å². The number of nitrogens with one attached hydrogen (secondary N) is 2. The van der Waals surface area contributed by atoms with Gasteiger partial charge in [0, 0.05) is 11.3 Å². The van der Waals surface area contributed by atoms with Crippen LogP contribution in [0.5, 0.6) is 5.75 Å². The van der Waals surface area contributed by atoms with E-state index in [1.807, 2.05) is 40.7 Å². The van der Waals surface area contributed by atoms with Crippen LogP contribution in [0.1, 0.15) is 36.1 Å². The van der Waals surface area contributed by atoms with Crippen LogP contribution in [0.25, 0.3) is 0 Å². The number of anilines is 1. The Bertz CT molecular complexity index is 797. The van der Waals surface area contributed by atoms with Crippen LogP contribution in [0, 0.1) is 26.6 Å². The van der Waals surface area contributed by atoms with Gasteiger partial charge < -0.3 is 15.0 Å². The number of quaternary nitrogens is 1. The van der Waals surface area contributed by atoms with Crippen LogP contribution in [0.3, 0.4) is 0 Å². The molecule has 2 aromatic rings. The number of hydrogen-bond acceptors (Lipinski definition) is 2. The summed E-state index contributed by atoms with van der Waals surface area (Å²) in [7, 11) is 1.45. The van der Waals surface area contributed by atoms with Crippen LogP contribution in [0.2, 0.25) is 0 Å². The Morgan fingerprint density at radius 1 is 1.19 bits per heavy atom. The Morgan fingerprint density at radius 2 is 1.81 bits per heavy atom. The number of halogens is 1. The maximum atomic E-state index is 14.0. The molecule has 0 radical (unpaired) electrons. The third kappa shape index (κ3) is 5.07. The van der Waals surface area contributed by atoms with Crippen molar-refractivity contribution < 1.29 is 18.8 Å². The summed E-state index contributed by atoms with van der Waals surface area (Å²) in [6.45, 7) is 11.3. The second kappa shape index (κ2) is 9.00. The third-order valence-corrected chi connectivity index (χ3v) is 5.03. The van der Waals surface area contributed by atoms with Crippen molar-refractivity contribution in [3.05, 3.63) is 58.4 Å². The standard InChI is InChI=1S/C22H29FN2O2/c1-7-25(13-18-8-9-20(27-6)19(23)12-18)17(5)22(26)24-21-15(3)10-14(2)11-16(21)4/h8-12,17H,7,13H2,1-6H3,(H,24,26)/p+1/t17-/m0/s1. The topological polar surface area (TPSA) is 42.8 Å². The summed E-state index contributed by atoms with van der Waals surface area (Å²) in [6, 6.07) is 8.82. The SMILES string of the molecule is CC[NH+](Cc1ccc(OC)c(F)c1)[C@@H](C)C(=O)Nc1c(C)cc(C)cc1C. The van der Waals surface area contributed by atoms with Gasteiger partial charge in [0.25, 0.3) is 5.91 Å². The predicted octanol–water partition coefficient (Wildman–Crippen LogP) is 3.19. The maximum Gasteiger partial charge on any atom is 0.282 e. The molecule has 0 aliphatic carbocycles. The van der Waals surface area contributed by atoms with E-state index in [9.17, 15) is 9.18 Å². The van der Waals surface area contributed by atoms with Gasteiger partial charge in [-0.1, -0.05) is 17.7 Å². The number of amides is 1. The minimum atomic E-state index is -0.381. The van der Waals surface area contributed by atoms with Crippen molar-refractivity contribution in [2.75, 3.05) is 19.0 Å². The van der Waals surface area contributed by atoms with E-state index < -0.39 is 0 Å². The summed E-state index contributed by atoms with van der Waals surface area (Å²) >= 11 is 0. The molecule has 2 aromatic carbocycles. The highest BCUT2D eigenvalue weighted by Gasteiger charge is 2.25. The zero-order chi connectivity index (χ0) is 20.1. The molecule has 0 saturated heterocycles. The normalized spacial score (nSPS) is 13.1. The van der Waals surface area contributed by atoms with Crippen LogP contribution in [-0.4, -0.2) is 25.6 Å². The molecule has 0 heterocycles. The number of ether oxygens (including phenoxy) is 1. The highest BCUT2D eigenvalue weighted by molar-refractivity contribution is 5.95. The summed E-state index contributed by atoms with van der Waals surface area (Å²) < 4.78 is 18.9. The molecule has 0 aromatic heterocycles. The molecule has 0 aliphatic heterocycles. The average molecular weight is 373 g/mol. The Labute approximate surface area is 161 Å². The lowest BCUT2D eigenvalue weighted by Crippen LogP contribution is -3.15. The van der Waals surface area contributed by atoms with Crippen LogP contribution >= 0.6 is 0 Å². The molecule has 5 heteroatoms. The molecule has 146 valence electrons. The lowest BCUT2D eigenvalue weighted by molar-refractivity contribution is -0.925. The molecule has 0 bridgehead atoms. The number of likely N-dealkylation sites (N-methyl/N-ethyl adjacent to an activating group) is 1. The summed E-state index contributed by atoms with van der Waals surface area (Å²) in [5.41, 5.74) is 5.01. The number of carbonyl (C=O) groups excluding carboxylic acids is 1. The summed E-state index contributed by atoms with van der Waals surface area (Å²) in [6.07, 6.45) is 0. The number of rotatable bonds is 7. The first kappa shape index (κ1) is 20.9. The van der Waals surface area contributed by atoms with Crippen molar-refractivity contribution >= 4 is 11.6 Å². The molecule has 1 amide bonds. The lowest BCUT2D eigenvalue weighted by atomic mass is 10.0. The van der Waals surface area contributed by atoms with Crippen molar-refractivity contribution in [3.8, 4) is 5.75 Å². The second-order valence-corrected chi connectivity index (χ2v) is 7.14. The summed E-state index contributed by atoms with van der Waals surface area (Å²) in [5.74, 6) is -0.183. The Kier molecular flexibility index (Phi) is 6.97. The van der Waals surface area contributed by atoms with Gasteiger partial charge >= 0.3 is 0 Å². The monoisotopic (exact) mass is 373 g/mol. The van der Waals surface area contributed by atoms with E-state index in [1.165, 1.54) is 18.7 Å². The summed E-state index contributed by atoms with van der Waals surface area (Å²) in [5, 5.41) is 3.08. The summed E-state index contributed by atoms with van der Waals surface area (Å²) in [4.78, 5) is 13.9. The fourth-order valence-corrected chi connectivity index (χ4v) is 3.46. The fourth-order valence-electron chi connectivity index (χ4n) is 3.46. The molecule has 4 nitrogen and oxygen atoms in total. The van der Waals surface area contributed by atoms with Gasteiger partial charge in [-0.25, -0.2) is 4.39 Å². The first-order valence-corrected chi connectivity index (χ1v) is 9.32. The molecule has 2 N–H and O–H groups in total. The molecular formula is C22H30FN2O2+. The molecular weight excluding hydrogens is 343 g/mol. The van der Waals surface area contributed by atoms with Crippen LogP contribution in [-0.2, 0) is 11.3 Å². The Morgan fingerprint density at radius 3 is 2.33 bits per heavy atom. The van der Waals surface area contributed by atoms with E-state index in [2.05, 4.69) is 17.4 Å². The average Bonchev–Trinajstić information content (AvgIpc) is 2.62. The molecule has 0 saturated carbocycles. The fraction of sp³-hybridized carbons (Fsp3) is 0.409. The molecule has 0 aliphatic rings. The van der Waals surface area contributed by atoms with Gasteiger partial charge in [0.05, 0.1) is 13.7 Å². The lowest BCUT2D eigenvalue weighted by Gasteiger charge is -2.25. The number of methoxy groups -OCH3 is 1. The minimum absolute atomic E-state index is 0.0316. The van der Waals surface area contributed by atoms with E-state index >= 15 is 0 Å². The van der Waals surface area contributed by atoms with Crippen molar-refractivity contribution in [3.63, 3.8) is 0 Å². The van der Waals surface area contributed by atoms with Gasteiger partial charge in [-0.3, -0.25) is 4.79 Å². The molecule has 1 unspecified atom stereocenters. The van der Waals surface area contributed by atoms with Gasteiger partial charge in [-0.15, -0.1) is 0 Å². The van der Waals surface area contributed by atoms with E-state index in [-0.39, 0.29) is 23.5 Å². The maximum absolute atomic E-state index is 14.0. The number of benzene rings is 2. The van der Waals surface area contributed by atoms with Gasteiger partial charge in [0.2, 0.25) is 0 Å². The van der Waals surface area contributed by atoms with E-state index in [0.717, 1.165) is 33.8 Å². The predicted molar refractivity (Wildman–Crippen MR) is 107 cm³/mol. The zero-order valence-electron chi connectivity index (χ0n) is 17.1.